The van der Waals surface area contributed by atoms with Crippen molar-refractivity contribution in [1.29, 1.82) is 0 Å². The largest absolute Gasteiger partial charge is 0.316 e. The van der Waals surface area contributed by atoms with Crippen molar-refractivity contribution in [3.05, 3.63) is 76.9 Å². The van der Waals surface area contributed by atoms with Crippen molar-refractivity contribution in [1.82, 2.24) is 5.32 Å². The molecule has 0 bridgehead atoms. The fourth-order valence-corrected chi connectivity index (χ4v) is 4.06. The van der Waals surface area contributed by atoms with Crippen LogP contribution in [0.25, 0.3) is 5.57 Å². The van der Waals surface area contributed by atoms with E-state index in [0.29, 0.717) is 5.92 Å². The van der Waals surface area contributed by atoms with E-state index in [2.05, 4.69) is 54.4 Å². The lowest BCUT2D eigenvalue weighted by Crippen LogP contribution is -2.28. The molecule has 1 N–H and O–H groups in total. The summed E-state index contributed by atoms with van der Waals surface area (Å²) in [5.74, 6) is 0.654. The quantitative estimate of drug-likeness (QED) is 0.828. The van der Waals surface area contributed by atoms with Crippen LogP contribution in [0.3, 0.4) is 0 Å². The standard InChI is InChI=1S/C21H23N/c1-15-11-12-21(19-10-4-9-17(15)19)20-8-3-2-7-18(20)16-6-5-13-22-14-16/h2-4,7-10,16,22H,1,5-6,11-14H2. The van der Waals surface area contributed by atoms with E-state index in [4.69, 9.17) is 0 Å². The van der Waals surface area contributed by atoms with Crippen LogP contribution in [0.2, 0.25) is 0 Å². The van der Waals surface area contributed by atoms with Crippen LogP contribution >= 0.6 is 0 Å². The summed E-state index contributed by atoms with van der Waals surface area (Å²) in [6.45, 7) is 6.53. The number of piperidine rings is 1. The average Bonchev–Trinajstić information content (AvgIpc) is 3.07. The molecule has 4 rings (SSSR count). The van der Waals surface area contributed by atoms with E-state index in [1.165, 1.54) is 52.8 Å². The maximum Gasteiger partial charge on any atom is 0.00203 e. The molecule has 3 aliphatic rings. The summed E-state index contributed by atoms with van der Waals surface area (Å²) < 4.78 is 0. The zero-order valence-corrected chi connectivity index (χ0v) is 13.1. The zero-order chi connectivity index (χ0) is 14.9. The van der Waals surface area contributed by atoms with Gasteiger partial charge in [-0.2, -0.15) is 0 Å². The Morgan fingerprint density at radius 1 is 1.14 bits per heavy atom. The molecule has 0 aromatic heterocycles. The summed E-state index contributed by atoms with van der Waals surface area (Å²) in [6.07, 6.45) is 11.5. The van der Waals surface area contributed by atoms with E-state index in [1.807, 2.05) is 0 Å². The van der Waals surface area contributed by atoms with Crippen molar-refractivity contribution < 1.29 is 0 Å². The first-order chi connectivity index (χ1) is 10.8. The van der Waals surface area contributed by atoms with Crippen LogP contribution in [0.5, 0.6) is 0 Å². The third-order valence-electron chi connectivity index (χ3n) is 5.22. The molecule has 1 atom stereocenters. The van der Waals surface area contributed by atoms with Gasteiger partial charge in [-0.25, -0.2) is 0 Å². The van der Waals surface area contributed by atoms with Crippen LogP contribution in [-0.4, -0.2) is 13.1 Å². The first-order valence-corrected chi connectivity index (χ1v) is 8.44. The first-order valence-electron chi connectivity index (χ1n) is 8.44. The van der Waals surface area contributed by atoms with Gasteiger partial charge in [0, 0.05) is 6.54 Å². The molecule has 22 heavy (non-hydrogen) atoms. The summed E-state index contributed by atoms with van der Waals surface area (Å²) in [5, 5.41) is 3.56. The van der Waals surface area contributed by atoms with E-state index in [0.717, 1.165) is 19.4 Å². The number of hydrogen-bond donors (Lipinski definition) is 1. The number of hydrogen-bond acceptors (Lipinski definition) is 1. The number of nitrogens with one attached hydrogen (secondary N) is 1. The van der Waals surface area contributed by atoms with Crippen molar-refractivity contribution in [3.63, 3.8) is 0 Å². The minimum atomic E-state index is 0.654. The lowest BCUT2D eigenvalue weighted by atomic mass is 9.79. The van der Waals surface area contributed by atoms with Crippen molar-refractivity contribution in [2.45, 2.75) is 31.6 Å². The van der Waals surface area contributed by atoms with Gasteiger partial charge in [0.25, 0.3) is 0 Å². The maximum absolute atomic E-state index is 4.24. The second-order valence-corrected chi connectivity index (χ2v) is 6.57. The van der Waals surface area contributed by atoms with Crippen LogP contribution in [0.15, 0.2) is 65.8 Å². The van der Waals surface area contributed by atoms with Crippen molar-refractivity contribution in [3.8, 4) is 0 Å². The topological polar surface area (TPSA) is 12.0 Å². The van der Waals surface area contributed by atoms with Gasteiger partial charge in [-0.15, -0.1) is 0 Å². The van der Waals surface area contributed by atoms with E-state index in [1.54, 1.807) is 0 Å². The molecular formula is C21H23N. The van der Waals surface area contributed by atoms with E-state index in [9.17, 15) is 0 Å². The number of fused-ring (bicyclic) bond motifs is 1. The Kier molecular flexibility index (Phi) is 3.59. The molecule has 2 aliphatic carbocycles. The lowest BCUT2D eigenvalue weighted by Gasteiger charge is -2.28. The Bertz CT molecular complexity index is 696. The summed E-state index contributed by atoms with van der Waals surface area (Å²) >= 11 is 0. The van der Waals surface area contributed by atoms with Crippen LogP contribution < -0.4 is 5.32 Å². The Morgan fingerprint density at radius 2 is 2.05 bits per heavy atom. The third kappa shape index (κ3) is 2.30. The summed E-state index contributed by atoms with van der Waals surface area (Å²) in [5.41, 5.74) is 8.58. The average molecular weight is 289 g/mol. The van der Waals surface area contributed by atoms with Gasteiger partial charge in [0.2, 0.25) is 0 Å². The summed E-state index contributed by atoms with van der Waals surface area (Å²) in [7, 11) is 0. The minimum absolute atomic E-state index is 0.654. The molecule has 1 fully saturated rings. The van der Waals surface area contributed by atoms with Gasteiger partial charge in [0.05, 0.1) is 0 Å². The monoisotopic (exact) mass is 289 g/mol. The first kappa shape index (κ1) is 13.8. The highest BCUT2D eigenvalue weighted by molar-refractivity contribution is 5.83. The molecule has 1 heteroatoms. The van der Waals surface area contributed by atoms with Gasteiger partial charge in [-0.1, -0.05) is 49.1 Å². The Labute approximate surface area is 133 Å². The fraction of sp³-hybridized carbons (Fsp3) is 0.333. The van der Waals surface area contributed by atoms with Gasteiger partial charge in [-0.05, 0) is 71.6 Å². The van der Waals surface area contributed by atoms with Gasteiger partial charge >= 0.3 is 0 Å². The molecular weight excluding hydrogens is 266 g/mol. The highest BCUT2D eigenvalue weighted by atomic mass is 14.9. The predicted molar refractivity (Wildman–Crippen MR) is 93.8 cm³/mol. The SMILES string of the molecule is C=C1CCC(c2ccccc2C2CCCNC2)=C2C=CC=C12. The Balaban J connectivity index is 1.80. The van der Waals surface area contributed by atoms with E-state index < -0.39 is 0 Å². The molecule has 1 aromatic rings. The van der Waals surface area contributed by atoms with Crippen molar-refractivity contribution in [2.24, 2.45) is 0 Å². The molecule has 0 spiro atoms. The highest BCUT2D eigenvalue weighted by Gasteiger charge is 2.25. The van der Waals surface area contributed by atoms with Crippen LogP contribution in [-0.2, 0) is 0 Å². The summed E-state index contributed by atoms with van der Waals surface area (Å²) in [4.78, 5) is 0. The predicted octanol–water partition coefficient (Wildman–Crippen LogP) is 4.75. The molecule has 1 heterocycles. The third-order valence-corrected chi connectivity index (χ3v) is 5.22. The molecule has 0 saturated carbocycles. The molecule has 1 aromatic carbocycles. The molecule has 1 nitrogen and oxygen atoms in total. The van der Waals surface area contributed by atoms with Gasteiger partial charge < -0.3 is 5.32 Å². The van der Waals surface area contributed by atoms with Crippen LogP contribution in [0.1, 0.15) is 42.7 Å². The number of benzene rings is 1. The number of allylic oxidation sites excluding steroid dienone is 7. The maximum atomic E-state index is 4.24. The second-order valence-electron chi connectivity index (χ2n) is 6.57. The smallest absolute Gasteiger partial charge is 0.00203 e. The van der Waals surface area contributed by atoms with Gasteiger partial charge in [-0.3, -0.25) is 0 Å². The fourth-order valence-electron chi connectivity index (χ4n) is 4.06. The van der Waals surface area contributed by atoms with Crippen molar-refractivity contribution in [2.75, 3.05) is 13.1 Å². The summed E-state index contributed by atoms with van der Waals surface area (Å²) in [6, 6.07) is 9.05. The molecule has 1 unspecified atom stereocenters. The Morgan fingerprint density at radius 3 is 2.91 bits per heavy atom. The molecule has 112 valence electrons. The highest BCUT2D eigenvalue weighted by Crippen LogP contribution is 2.43. The normalized spacial score (nSPS) is 24.5. The Hall–Kier alpha value is -1.86. The van der Waals surface area contributed by atoms with Crippen LogP contribution in [0.4, 0.5) is 0 Å². The minimum Gasteiger partial charge on any atom is -0.316 e. The van der Waals surface area contributed by atoms with E-state index >= 15 is 0 Å². The molecule has 0 amide bonds. The van der Waals surface area contributed by atoms with Crippen molar-refractivity contribution >= 4 is 5.57 Å². The lowest BCUT2D eigenvalue weighted by molar-refractivity contribution is 0.461. The molecule has 1 aliphatic heterocycles. The van der Waals surface area contributed by atoms with E-state index in [-0.39, 0.29) is 0 Å². The van der Waals surface area contributed by atoms with Crippen LogP contribution in [0, 0.1) is 0 Å². The van der Waals surface area contributed by atoms with Gasteiger partial charge in [0.15, 0.2) is 0 Å². The number of rotatable bonds is 2. The zero-order valence-electron chi connectivity index (χ0n) is 13.1. The second kappa shape index (κ2) is 5.73. The molecule has 0 radical (unpaired) electrons. The molecule has 1 saturated heterocycles. The van der Waals surface area contributed by atoms with Gasteiger partial charge in [0.1, 0.15) is 0 Å².